The molecule has 0 radical (unpaired) electrons. The lowest BCUT2D eigenvalue weighted by Gasteiger charge is -2.10. The summed E-state index contributed by atoms with van der Waals surface area (Å²) in [6.07, 6.45) is 1.06. The van der Waals surface area contributed by atoms with E-state index in [1.165, 1.54) is 0 Å². The van der Waals surface area contributed by atoms with E-state index in [0.29, 0.717) is 21.0 Å². The zero-order valence-electron chi connectivity index (χ0n) is 7.57. The van der Waals surface area contributed by atoms with Gasteiger partial charge < -0.3 is 0 Å². The molecule has 0 spiro atoms. The highest BCUT2D eigenvalue weighted by Crippen LogP contribution is 2.34. The third-order valence-corrected chi connectivity index (χ3v) is 3.38. The Hall–Kier alpha value is 0.0900. The largest absolute Gasteiger partial charge is 0.0826 e. The van der Waals surface area contributed by atoms with Crippen molar-refractivity contribution in [3.05, 3.63) is 32.8 Å². The van der Waals surface area contributed by atoms with Crippen LogP contribution >= 0.6 is 34.8 Å². The maximum atomic E-state index is 5.90. The highest BCUT2D eigenvalue weighted by Gasteiger charge is 2.09. The lowest BCUT2D eigenvalue weighted by atomic mass is 9.99. The van der Waals surface area contributed by atoms with Gasteiger partial charge in [0.1, 0.15) is 0 Å². The molecular formula is C10H11Cl3. The van der Waals surface area contributed by atoms with Crippen LogP contribution in [0, 0.1) is 0 Å². The van der Waals surface area contributed by atoms with Crippen molar-refractivity contribution in [2.45, 2.75) is 26.2 Å². The molecule has 0 nitrogen and oxygen atoms in total. The van der Waals surface area contributed by atoms with E-state index < -0.39 is 0 Å². The molecule has 0 aromatic heterocycles. The smallest absolute Gasteiger partial charge is 0.0778 e. The fraction of sp³-hybridized carbons (Fsp3) is 0.400. The lowest BCUT2D eigenvalue weighted by molar-refractivity contribution is 0.734. The molecule has 0 bridgehead atoms. The molecule has 0 aliphatic heterocycles. The van der Waals surface area contributed by atoms with Crippen molar-refractivity contribution < 1.29 is 0 Å². The molecule has 0 saturated carbocycles. The monoisotopic (exact) mass is 236 g/mol. The van der Waals surface area contributed by atoms with Gasteiger partial charge in [-0.15, -0.1) is 0 Å². The summed E-state index contributed by atoms with van der Waals surface area (Å²) in [4.78, 5) is 0. The molecule has 1 unspecified atom stereocenters. The van der Waals surface area contributed by atoms with Crippen molar-refractivity contribution in [2.24, 2.45) is 0 Å². The molecule has 13 heavy (non-hydrogen) atoms. The molecular weight excluding hydrogens is 226 g/mol. The first-order valence-corrected chi connectivity index (χ1v) is 5.34. The number of rotatable bonds is 2. The first kappa shape index (κ1) is 11.2. The summed E-state index contributed by atoms with van der Waals surface area (Å²) in [6.45, 7) is 4.26. The maximum absolute atomic E-state index is 5.90. The fourth-order valence-corrected chi connectivity index (χ4v) is 1.71. The molecule has 0 fully saturated rings. The summed E-state index contributed by atoms with van der Waals surface area (Å²) in [5, 5.41) is 1.50. The van der Waals surface area contributed by atoms with Crippen molar-refractivity contribution in [1.29, 1.82) is 0 Å². The zero-order valence-corrected chi connectivity index (χ0v) is 9.84. The highest BCUT2D eigenvalue weighted by molar-refractivity contribution is 6.48. The molecule has 0 heterocycles. The van der Waals surface area contributed by atoms with Gasteiger partial charge in [0.15, 0.2) is 0 Å². The lowest BCUT2D eigenvalue weighted by Crippen LogP contribution is -1.91. The normalized spacial score (nSPS) is 13.0. The summed E-state index contributed by atoms with van der Waals surface area (Å²) in [5.74, 6) is 0.465. The van der Waals surface area contributed by atoms with E-state index in [0.717, 1.165) is 12.0 Å². The molecule has 0 aliphatic carbocycles. The Morgan fingerprint density at radius 2 is 1.62 bits per heavy atom. The number of hydrogen-bond acceptors (Lipinski definition) is 0. The van der Waals surface area contributed by atoms with Crippen LogP contribution in [0.2, 0.25) is 15.1 Å². The molecule has 0 amide bonds. The molecule has 1 aromatic carbocycles. The SMILES string of the molecule is CCC(C)c1cc(Cl)c(Cl)c(Cl)c1. The first-order chi connectivity index (χ1) is 6.06. The topological polar surface area (TPSA) is 0 Å². The Balaban J connectivity index is 3.13. The number of benzene rings is 1. The molecule has 1 atom stereocenters. The first-order valence-electron chi connectivity index (χ1n) is 4.20. The minimum absolute atomic E-state index is 0.440. The third kappa shape index (κ3) is 2.52. The molecule has 1 rings (SSSR count). The average Bonchev–Trinajstić information content (AvgIpc) is 2.12. The van der Waals surface area contributed by atoms with Crippen molar-refractivity contribution >= 4 is 34.8 Å². The molecule has 3 heteroatoms. The van der Waals surface area contributed by atoms with E-state index in [2.05, 4.69) is 13.8 Å². The molecule has 1 aromatic rings. The molecule has 0 aliphatic rings. The van der Waals surface area contributed by atoms with Crippen LogP contribution < -0.4 is 0 Å². The second-order valence-electron chi connectivity index (χ2n) is 3.11. The predicted octanol–water partition coefficient (Wildman–Crippen LogP) is 5.16. The van der Waals surface area contributed by atoms with E-state index in [1.54, 1.807) is 0 Å². The average molecular weight is 238 g/mol. The predicted molar refractivity (Wildman–Crippen MR) is 60.2 cm³/mol. The maximum Gasteiger partial charge on any atom is 0.0778 e. The van der Waals surface area contributed by atoms with Gasteiger partial charge in [-0.05, 0) is 30.0 Å². The Kier molecular flexibility index (Phi) is 3.90. The Morgan fingerprint density at radius 3 is 2.00 bits per heavy atom. The van der Waals surface area contributed by atoms with Gasteiger partial charge in [-0.3, -0.25) is 0 Å². The van der Waals surface area contributed by atoms with Gasteiger partial charge in [0.05, 0.1) is 15.1 Å². The van der Waals surface area contributed by atoms with E-state index in [1.807, 2.05) is 12.1 Å². The van der Waals surface area contributed by atoms with Crippen LogP contribution in [-0.2, 0) is 0 Å². The molecule has 0 saturated heterocycles. The van der Waals surface area contributed by atoms with Crippen LogP contribution in [0.5, 0.6) is 0 Å². The van der Waals surface area contributed by atoms with Crippen LogP contribution in [-0.4, -0.2) is 0 Å². The van der Waals surface area contributed by atoms with Gasteiger partial charge in [-0.2, -0.15) is 0 Å². The second kappa shape index (κ2) is 4.54. The van der Waals surface area contributed by atoms with E-state index in [9.17, 15) is 0 Å². The van der Waals surface area contributed by atoms with Crippen LogP contribution in [0.1, 0.15) is 31.7 Å². The highest BCUT2D eigenvalue weighted by atomic mass is 35.5. The molecule has 0 N–H and O–H groups in total. The van der Waals surface area contributed by atoms with E-state index in [-0.39, 0.29) is 0 Å². The summed E-state index contributed by atoms with van der Waals surface area (Å²) < 4.78 is 0. The van der Waals surface area contributed by atoms with Crippen molar-refractivity contribution in [2.75, 3.05) is 0 Å². The van der Waals surface area contributed by atoms with Crippen molar-refractivity contribution in [1.82, 2.24) is 0 Å². The summed E-state index contributed by atoms with van der Waals surface area (Å²) in [5.41, 5.74) is 1.14. The van der Waals surface area contributed by atoms with Crippen molar-refractivity contribution in [3.8, 4) is 0 Å². The second-order valence-corrected chi connectivity index (χ2v) is 4.30. The van der Waals surface area contributed by atoms with Crippen LogP contribution in [0.4, 0.5) is 0 Å². The number of hydrogen-bond donors (Lipinski definition) is 0. The van der Waals surface area contributed by atoms with Crippen LogP contribution in [0.25, 0.3) is 0 Å². The molecule has 72 valence electrons. The number of halogens is 3. The van der Waals surface area contributed by atoms with Gasteiger partial charge in [0, 0.05) is 0 Å². The summed E-state index contributed by atoms with van der Waals surface area (Å²) in [6, 6.07) is 3.76. The van der Waals surface area contributed by atoms with Gasteiger partial charge in [-0.1, -0.05) is 48.7 Å². The van der Waals surface area contributed by atoms with Gasteiger partial charge in [0.25, 0.3) is 0 Å². The van der Waals surface area contributed by atoms with Crippen molar-refractivity contribution in [3.63, 3.8) is 0 Å². The van der Waals surface area contributed by atoms with Crippen LogP contribution in [0.15, 0.2) is 12.1 Å². The Morgan fingerprint density at radius 1 is 1.15 bits per heavy atom. The Labute approximate surface area is 93.8 Å². The van der Waals surface area contributed by atoms with Crippen LogP contribution in [0.3, 0.4) is 0 Å². The summed E-state index contributed by atoms with van der Waals surface area (Å²) in [7, 11) is 0. The van der Waals surface area contributed by atoms with E-state index >= 15 is 0 Å². The standard InChI is InChI=1S/C10H11Cl3/c1-3-6(2)7-4-8(11)10(13)9(12)5-7/h4-6H,3H2,1-2H3. The summed E-state index contributed by atoms with van der Waals surface area (Å²) >= 11 is 17.6. The van der Waals surface area contributed by atoms with Gasteiger partial charge >= 0.3 is 0 Å². The van der Waals surface area contributed by atoms with Gasteiger partial charge in [0.2, 0.25) is 0 Å². The minimum Gasteiger partial charge on any atom is -0.0826 e. The third-order valence-electron chi connectivity index (χ3n) is 2.19. The Bertz CT molecular complexity index is 284. The van der Waals surface area contributed by atoms with E-state index in [4.69, 9.17) is 34.8 Å². The zero-order chi connectivity index (χ0) is 10.0. The quantitative estimate of drug-likeness (QED) is 0.623. The van der Waals surface area contributed by atoms with Gasteiger partial charge in [-0.25, -0.2) is 0 Å². The fourth-order valence-electron chi connectivity index (χ4n) is 1.10. The minimum atomic E-state index is 0.440.